The van der Waals surface area contributed by atoms with Crippen LogP contribution in [0, 0.1) is 0 Å². The molecular formula is C21H17NO2. The Hall–Kier alpha value is -3.20. The quantitative estimate of drug-likeness (QED) is 0.693. The van der Waals surface area contributed by atoms with E-state index in [0.717, 1.165) is 5.69 Å². The number of hydrogen-bond donors (Lipinski definition) is 1. The maximum absolute atomic E-state index is 12.5. The lowest BCUT2D eigenvalue weighted by molar-refractivity contribution is 0.100. The lowest BCUT2D eigenvalue weighted by Crippen LogP contribution is -2.14. The largest absolute Gasteiger partial charge is 0.378 e. The van der Waals surface area contributed by atoms with E-state index in [2.05, 4.69) is 5.32 Å². The molecule has 3 rings (SSSR count). The first-order valence-corrected chi connectivity index (χ1v) is 7.76. The van der Waals surface area contributed by atoms with Gasteiger partial charge < -0.3 is 5.32 Å². The van der Waals surface area contributed by atoms with Crippen LogP contribution in [0.3, 0.4) is 0 Å². The molecule has 24 heavy (non-hydrogen) atoms. The molecule has 0 aliphatic rings. The number of carbonyl (C=O) groups excluding carboxylic acids is 2. The van der Waals surface area contributed by atoms with Crippen LogP contribution >= 0.6 is 0 Å². The molecular weight excluding hydrogens is 298 g/mol. The van der Waals surface area contributed by atoms with Crippen molar-refractivity contribution in [3.8, 4) is 0 Å². The standard InChI is InChI=1S/C21H17NO2/c23-20(16-8-3-1-4-9-16)15-22-19-13-7-12-18(14-19)21(24)17-10-5-2-6-11-17/h1-14,22H,15H2. The van der Waals surface area contributed by atoms with Crippen LogP contribution in [0.4, 0.5) is 5.69 Å². The zero-order valence-corrected chi connectivity index (χ0v) is 13.1. The van der Waals surface area contributed by atoms with Gasteiger partial charge >= 0.3 is 0 Å². The average Bonchev–Trinajstić information content (AvgIpc) is 2.67. The molecule has 0 radical (unpaired) electrons. The fourth-order valence-electron chi connectivity index (χ4n) is 2.44. The minimum Gasteiger partial charge on any atom is -0.378 e. The van der Waals surface area contributed by atoms with Crippen molar-refractivity contribution in [2.45, 2.75) is 0 Å². The molecule has 0 heterocycles. The molecule has 0 aromatic heterocycles. The Morgan fingerprint density at radius 2 is 1.25 bits per heavy atom. The Morgan fingerprint density at radius 1 is 0.667 bits per heavy atom. The summed E-state index contributed by atoms with van der Waals surface area (Å²) in [6.45, 7) is 0.187. The minimum atomic E-state index is -0.0337. The topological polar surface area (TPSA) is 46.2 Å². The fourth-order valence-corrected chi connectivity index (χ4v) is 2.44. The van der Waals surface area contributed by atoms with E-state index in [9.17, 15) is 9.59 Å². The highest BCUT2D eigenvalue weighted by molar-refractivity contribution is 6.09. The van der Waals surface area contributed by atoms with Crippen LogP contribution in [0.25, 0.3) is 0 Å². The van der Waals surface area contributed by atoms with Gasteiger partial charge in [0.1, 0.15) is 0 Å². The lowest BCUT2D eigenvalue weighted by Gasteiger charge is -2.08. The number of rotatable bonds is 6. The van der Waals surface area contributed by atoms with Crippen molar-refractivity contribution in [3.63, 3.8) is 0 Å². The Bertz CT molecular complexity index is 842. The molecule has 3 nitrogen and oxygen atoms in total. The SMILES string of the molecule is O=C(CNc1cccc(C(=O)c2ccccc2)c1)c1ccccc1. The Balaban J connectivity index is 1.70. The highest BCUT2D eigenvalue weighted by Crippen LogP contribution is 2.15. The van der Waals surface area contributed by atoms with Crippen LogP contribution in [0.15, 0.2) is 84.9 Å². The van der Waals surface area contributed by atoms with Gasteiger partial charge in [-0.15, -0.1) is 0 Å². The molecule has 0 atom stereocenters. The van der Waals surface area contributed by atoms with Crippen molar-refractivity contribution in [1.82, 2.24) is 0 Å². The van der Waals surface area contributed by atoms with E-state index in [0.29, 0.717) is 16.7 Å². The number of anilines is 1. The van der Waals surface area contributed by atoms with Crippen LogP contribution < -0.4 is 5.32 Å². The first kappa shape index (κ1) is 15.7. The van der Waals surface area contributed by atoms with Crippen molar-refractivity contribution in [2.24, 2.45) is 0 Å². The summed E-state index contributed by atoms with van der Waals surface area (Å²) in [5, 5.41) is 3.09. The smallest absolute Gasteiger partial charge is 0.193 e. The van der Waals surface area contributed by atoms with Crippen molar-refractivity contribution < 1.29 is 9.59 Å². The summed E-state index contributed by atoms with van der Waals surface area (Å²) in [4.78, 5) is 24.6. The zero-order chi connectivity index (χ0) is 16.8. The molecule has 1 N–H and O–H groups in total. The summed E-state index contributed by atoms with van der Waals surface area (Å²) in [5.74, 6) is -0.0241. The van der Waals surface area contributed by atoms with E-state index in [1.54, 1.807) is 36.4 Å². The second-order valence-electron chi connectivity index (χ2n) is 5.42. The minimum absolute atomic E-state index is 0.00962. The van der Waals surface area contributed by atoms with Gasteiger partial charge in [-0.05, 0) is 12.1 Å². The molecule has 0 amide bonds. The molecule has 0 saturated heterocycles. The number of nitrogens with one attached hydrogen (secondary N) is 1. The highest BCUT2D eigenvalue weighted by Gasteiger charge is 2.10. The molecule has 3 aromatic rings. The van der Waals surface area contributed by atoms with Gasteiger partial charge in [-0.3, -0.25) is 9.59 Å². The van der Waals surface area contributed by atoms with E-state index in [4.69, 9.17) is 0 Å². The normalized spacial score (nSPS) is 10.2. The van der Waals surface area contributed by atoms with E-state index >= 15 is 0 Å². The van der Waals surface area contributed by atoms with Gasteiger partial charge in [0.2, 0.25) is 0 Å². The van der Waals surface area contributed by atoms with Crippen LogP contribution in [0.1, 0.15) is 26.3 Å². The van der Waals surface area contributed by atoms with E-state index < -0.39 is 0 Å². The van der Waals surface area contributed by atoms with Crippen LogP contribution in [0.5, 0.6) is 0 Å². The summed E-state index contributed by atoms with van der Waals surface area (Å²) in [7, 11) is 0. The molecule has 0 bridgehead atoms. The van der Waals surface area contributed by atoms with Gasteiger partial charge in [0, 0.05) is 22.4 Å². The number of hydrogen-bond acceptors (Lipinski definition) is 3. The van der Waals surface area contributed by atoms with Gasteiger partial charge in [-0.25, -0.2) is 0 Å². The maximum Gasteiger partial charge on any atom is 0.193 e. The number of benzene rings is 3. The summed E-state index contributed by atoms with van der Waals surface area (Å²) in [6, 6.07) is 25.5. The van der Waals surface area contributed by atoms with Crippen molar-refractivity contribution >= 4 is 17.3 Å². The third-order valence-electron chi connectivity index (χ3n) is 3.71. The number of ketones is 2. The molecule has 0 saturated carbocycles. The molecule has 0 unspecified atom stereocenters. The van der Waals surface area contributed by atoms with Crippen LogP contribution in [-0.2, 0) is 0 Å². The van der Waals surface area contributed by atoms with Crippen molar-refractivity contribution in [3.05, 3.63) is 102 Å². The van der Waals surface area contributed by atoms with Gasteiger partial charge in [-0.2, -0.15) is 0 Å². The molecule has 0 fully saturated rings. The summed E-state index contributed by atoms with van der Waals surface area (Å²) in [6.07, 6.45) is 0. The van der Waals surface area contributed by atoms with Crippen molar-refractivity contribution in [1.29, 1.82) is 0 Å². The average molecular weight is 315 g/mol. The lowest BCUT2D eigenvalue weighted by atomic mass is 10.0. The van der Waals surface area contributed by atoms with Gasteiger partial charge in [-0.1, -0.05) is 72.8 Å². The Kier molecular flexibility index (Phi) is 4.82. The third kappa shape index (κ3) is 3.76. The number of Topliss-reactive ketones (excluding diaryl/α,β-unsaturated/α-hetero) is 1. The number of carbonyl (C=O) groups is 2. The summed E-state index contributed by atoms with van der Waals surface area (Å²) >= 11 is 0. The fraction of sp³-hybridized carbons (Fsp3) is 0.0476. The van der Waals surface area contributed by atoms with Gasteiger partial charge in [0.05, 0.1) is 6.54 Å². The van der Waals surface area contributed by atoms with Crippen LogP contribution in [0.2, 0.25) is 0 Å². The van der Waals surface area contributed by atoms with E-state index in [1.807, 2.05) is 48.5 Å². The second kappa shape index (κ2) is 7.38. The second-order valence-corrected chi connectivity index (χ2v) is 5.42. The van der Waals surface area contributed by atoms with E-state index in [-0.39, 0.29) is 18.1 Å². The molecule has 118 valence electrons. The van der Waals surface area contributed by atoms with Crippen molar-refractivity contribution in [2.75, 3.05) is 11.9 Å². The highest BCUT2D eigenvalue weighted by atomic mass is 16.1. The molecule has 3 aromatic carbocycles. The Morgan fingerprint density at radius 3 is 1.92 bits per heavy atom. The van der Waals surface area contributed by atoms with Gasteiger partial charge in [0.15, 0.2) is 11.6 Å². The van der Waals surface area contributed by atoms with E-state index in [1.165, 1.54) is 0 Å². The zero-order valence-electron chi connectivity index (χ0n) is 13.1. The molecule has 0 spiro atoms. The summed E-state index contributed by atoms with van der Waals surface area (Å²) < 4.78 is 0. The summed E-state index contributed by atoms with van der Waals surface area (Å²) in [5.41, 5.74) is 2.66. The maximum atomic E-state index is 12.5. The molecule has 3 heteroatoms. The first-order valence-electron chi connectivity index (χ1n) is 7.76. The molecule has 0 aliphatic heterocycles. The predicted octanol–water partition coefficient (Wildman–Crippen LogP) is 4.21. The predicted molar refractivity (Wildman–Crippen MR) is 95.6 cm³/mol. The van der Waals surface area contributed by atoms with Gasteiger partial charge in [0.25, 0.3) is 0 Å². The third-order valence-corrected chi connectivity index (χ3v) is 3.71. The van der Waals surface area contributed by atoms with Crippen LogP contribution in [-0.4, -0.2) is 18.1 Å². The molecule has 0 aliphatic carbocycles. The monoisotopic (exact) mass is 315 g/mol. The Labute approximate surface area is 141 Å². The first-order chi connectivity index (χ1) is 11.7.